The van der Waals surface area contributed by atoms with Gasteiger partial charge < -0.3 is 10.4 Å². The SMILES string of the molecule is CCCCCC[P+](C)(C)C.N#CN=C=[N-]. The summed E-state index contributed by atoms with van der Waals surface area (Å²) < 4.78 is 0. The molecule has 0 aliphatic rings. The smallest absolute Gasteiger partial charge is 0.0925 e. The molecule has 0 aromatic heterocycles. The third-order valence-electron chi connectivity index (χ3n) is 1.78. The minimum atomic E-state index is -0.456. The Bertz CT molecular complexity index is 219. The van der Waals surface area contributed by atoms with E-state index in [1.54, 1.807) is 0 Å². The van der Waals surface area contributed by atoms with Crippen LogP contribution in [0.5, 0.6) is 0 Å². The maximum absolute atomic E-state index is 7.43. The quantitative estimate of drug-likeness (QED) is 0.306. The number of nitrogens with zero attached hydrogens (tertiary/aromatic N) is 3. The highest BCUT2D eigenvalue weighted by Crippen LogP contribution is 2.47. The highest BCUT2D eigenvalue weighted by Gasteiger charge is 2.14. The predicted octanol–water partition coefficient (Wildman–Crippen LogP) is 3.68. The van der Waals surface area contributed by atoms with E-state index in [-0.39, 0.29) is 0 Å². The minimum Gasteiger partial charge on any atom is -0.422 e. The van der Waals surface area contributed by atoms with Crippen LogP contribution in [0.2, 0.25) is 0 Å². The molecule has 0 fully saturated rings. The van der Waals surface area contributed by atoms with Gasteiger partial charge >= 0.3 is 0 Å². The van der Waals surface area contributed by atoms with E-state index >= 15 is 0 Å². The Labute approximate surface area is 94.5 Å². The molecule has 86 valence electrons. The first-order valence-corrected chi connectivity index (χ1v) is 8.58. The summed E-state index contributed by atoms with van der Waals surface area (Å²) in [6.07, 6.45) is 8.48. The van der Waals surface area contributed by atoms with Crippen LogP contribution in [0.15, 0.2) is 4.99 Å². The van der Waals surface area contributed by atoms with Crippen molar-refractivity contribution >= 4 is 13.3 Å². The molecule has 0 heterocycles. The van der Waals surface area contributed by atoms with Crippen molar-refractivity contribution < 1.29 is 0 Å². The molecular formula is C11H22N3P. The van der Waals surface area contributed by atoms with Gasteiger partial charge in [0, 0.05) is 27.3 Å². The summed E-state index contributed by atoms with van der Waals surface area (Å²) >= 11 is 0. The lowest BCUT2D eigenvalue weighted by atomic mass is 10.2. The van der Waals surface area contributed by atoms with Crippen LogP contribution in [0.3, 0.4) is 0 Å². The third-order valence-corrected chi connectivity index (χ3v) is 3.44. The van der Waals surface area contributed by atoms with Crippen LogP contribution in [0.4, 0.5) is 0 Å². The van der Waals surface area contributed by atoms with Crippen LogP contribution in [-0.4, -0.2) is 32.2 Å². The Kier molecular flexibility index (Phi) is 12.7. The van der Waals surface area contributed by atoms with E-state index in [9.17, 15) is 0 Å². The van der Waals surface area contributed by atoms with Crippen molar-refractivity contribution in [1.82, 2.24) is 0 Å². The number of unbranched alkanes of at least 4 members (excludes halogenated alkanes) is 3. The average Bonchev–Trinajstić information content (AvgIpc) is 2.13. The summed E-state index contributed by atoms with van der Waals surface area (Å²) in [6, 6.07) is 1.28. The average molecular weight is 227 g/mol. The summed E-state index contributed by atoms with van der Waals surface area (Å²) in [5.41, 5.74) is 0. The molecule has 0 spiro atoms. The first-order valence-electron chi connectivity index (χ1n) is 5.26. The third kappa shape index (κ3) is 24.7. The zero-order chi connectivity index (χ0) is 12.2. The van der Waals surface area contributed by atoms with E-state index in [0.717, 1.165) is 0 Å². The van der Waals surface area contributed by atoms with E-state index in [2.05, 4.69) is 31.9 Å². The van der Waals surface area contributed by atoms with Crippen LogP contribution in [-0.2, 0) is 0 Å². The second kappa shape index (κ2) is 11.4. The predicted molar refractivity (Wildman–Crippen MR) is 70.1 cm³/mol. The summed E-state index contributed by atoms with van der Waals surface area (Å²) in [7, 11) is -0.456. The molecule has 0 amide bonds. The molecule has 0 aliphatic carbocycles. The van der Waals surface area contributed by atoms with E-state index in [4.69, 9.17) is 10.7 Å². The summed E-state index contributed by atoms with van der Waals surface area (Å²) in [6.45, 7) is 9.56. The van der Waals surface area contributed by atoms with E-state index in [1.807, 2.05) is 0 Å². The van der Waals surface area contributed by atoms with Gasteiger partial charge in [-0.3, -0.25) is 0 Å². The van der Waals surface area contributed by atoms with Crippen molar-refractivity contribution in [3.05, 3.63) is 5.41 Å². The maximum Gasteiger partial charge on any atom is 0.0925 e. The van der Waals surface area contributed by atoms with Gasteiger partial charge in [-0.05, 0) is 12.8 Å². The fourth-order valence-corrected chi connectivity index (χ4v) is 2.21. The van der Waals surface area contributed by atoms with Gasteiger partial charge in [-0.1, -0.05) is 19.8 Å². The van der Waals surface area contributed by atoms with Gasteiger partial charge in [-0.15, -0.1) is 6.01 Å². The molecule has 15 heavy (non-hydrogen) atoms. The standard InChI is InChI=1S/C9H22P.C2N3/c1-5-6-7-8-9-10(2,3)4;3-1-5-2-4/h5-9H2,1-4H3;/q+1;-1. The molecule has 4 heteroatoms. The summed E-state index contributed by atoms with van der Waals surface area (Å²) in [4.78, 5) is 2.58. The van der Waals surface area contributed by atoms with Gasteiger partial charge in [0.1, 0.15) is 0 Å². The van der Waals surface area contributed by atoms with Gasteiger partial charge in [-0.2, -0.15) is 5.26 Å². The lowest BCUT2D eigenvalue weighted by molar-refractivity contribution is 0.704. The Morgan fingerprint density at radius 3 is 2.07 bits per heavy atom. The molecule has 0 saturated carbocycles. The summed E-state index contributed by atoms with van der Waals surface area (Å²) in [5.74, 6) is 0. The highest BCUT2D eigenvalue weighted by molar-refractivity contribution is 7.73. The Hall–Kier alpha value is -0.700. The molecule has 0 unspecified atom stereocenters. The van der Waals surface area contributed by atoms with Gasteiger partial charge in [0.2, 0.25) is 0 Å². The first-order chi connectivity index (χ1) is 6.97. The largest absolute Gasteiger partial charge is 0.422 e. The number of nitriles is 1. The number of rotatable bonds is 5. The van der Waals surface area contributed by atoms with E-state index < -0.39 is 7.26 Å². The lowest BCUT2D eigenvalue weighted by Gasteiger charge is -2.10. The molecule has 0 aliphatic heterocycles. The van der Waals surface area contributed by atoms with Crippen LogP contribution in [0.1, 0.15) is 32.6 Å². The van der Waals surface area contributed by atoms with Crippen molar-refractivity contribution in [3.8, 4) is 6.19 Å². The summed E-state index contributed by atoms with van der Waals surface area (Å²) in [5, 5.41) is 14.9. The number of hydrogen-bond donors (Lipinski definition) is 0. The van der Waals surface area contributed by atoms with Crippen LogP contribution in [0, 0.1) is 11.5 Å². The van der Waals surface area contributed by atoms with Crippen molar-refractivity contribution in [2.45, 2.75) is 32.6 Å². The van der Waals surface area contributed by atoms with Gasteiger partial charge in [0.25, 0.3) is 0 Å². The molecule has 0 bridgehead atoms. The zero-order valence-corrected chi connectivity index (χ0v) is 11.2. The first kappa shape index (κ1) is 16.7. The Balaban J connectivity index is 0. The van der Waals surface area contributed by atoms with Crippen LogP contribution >= 0.6 is 7.26 Å². The van der Waals surface area contributed by atoms with Crippen molar-refractivity contribution in [1.29, 1.82) is 5.26 Å². The van der Waals surface area contributed by atoms with Crippen molar-refractivity contribution in [2.75, 3.05) is 26.2 Å². The molecular weight excluding hydrogens is 205 g/mol. The molecule has 0 aromatic rings. The molecule has 0 saturated heterocycles. The normalized spacial score (nSPS) is 9.27. The number of hydrogen-bond acceptors (Lipinski definition) is 2. The van der Waals surface area contributed by atoms with Crippen molar-refractivity contribution in [2.24, 2.45) is 4.99 Å². The molecule has 3 nitrogen and oxygen atoms in total. The lowest BCUT2D eigenvalue weighted by Crippen LogP contribution is -1.92. The van der Waals surface area contributed by atoms with Gasteiger partial charge in [0.05, 0.1) is 12.4 Å². The monoisotopic (exact) mass is 227 g/mol. The van der Waals surface area contributed by atoms with Crippen LogP contribution in [0.25, 0.3) is 5.41 Å². The molecule has 0 rings (SSSR count). The number of aliphatic imine (C=N–C) groups is 1. The van der Waals surface area contributed by atoms with Crippen molar-refractivity contribution in [3.63, 3.8) is 0 Å². The van der Waals surface area contributed by atoms with E-state index in [0.29, 0.717) is 0 Å². The molecule has 0 atom stereocenters. The Morgan fingerprint density at radius 1 is 1.20 bits per heavy atom. The maximum atomic E-state index is 7.43. The molecule has 0 radical (unpaired) electrons. The molecule has 0 aromatic carbocycles. The second-order valence-corrected chi connectivity index (χ2v) is 9.41. The van der Waals surface area contributed by atoms with Crippen LogP contribution < -0.4 is 0 Å². The van der Waals surface area contributed by atoms with E-state index in [1.165, 1.54) is 44.0 Å². The zero-order valence-electron chi connectivity index (χ0n) is 10.3. The highest BCUT2D eigenvalue weighted by atomic mass is 31.2. The molecule has 0 N–H and O–H groups in total. The fraction of sp³-hybridized carbons (Fsp3) is 0.818. The van der Waals surface area contributed by atoms with Gasteiger partial charge in [-0.25, -0.2) is 0 Å². The minimum absolute atomic E-state index is 0.456. The second-order valence-electron chi connectivity index (χ2n) is 4.39. The topological polar surface area (TPSA) is 58.5 Å². The van der Waals surface area contributed by atoms with Gasteiger partial charge in [0.15, 0.2) is 0 Å². The fourth-order valence-electron chi connectivity index (χ4n) is 1.04. The Morgan fingerprint density at radius 2 is 1.80 bits per heavy atom.